The van der Waals surface area contributed by atoms with Gasteiger partial charge >= 0.3 is 0 Å². The lowest BCUT2D eigenvalue weighted by Crippen LogP contribution is -1.89. The van der Waals surface area contributed by atoms with Gasteiger partial charge in [-0.05, 0) is 52.9 Å². The Morgan fingerprint density at radius 3 is 2.83 bits per heavy atom. The largest absolute Gasteiger partial charge is 0.398 e. The minimum atomic E-state index is 0.737. The van der Waals surface area contributed by atoms with E-state index in [9.17, 15) is 0 Å². The van der Waals surface area contributed by atoms with Crippen LogP contribution in [0.1, 0.15) is 0 Å². The van der Waals surface area contributed by atoms with E-state index in [0.29, 0.717) is 0 Å². The van der Waals surface area contributed by atoms with Crippen LogP contribution in [-0.2, 0) is 0 Å². The summed E-state index contributed by atoms with van der Waals surface area (Å²) in [5.74, 6) is 0. The van der Waals surface area contributed by atoms with Crippen molar-refractivity contribution in [3.63, 3.8) is 0 Å². The van der Waals surface area contributed by atoms with E-state index in [1.807, 2.05) is 36.4 Å². The number of nitrogen functional groups attached to an aromatic ring is 1. The lowest BCUT2D eigenvalue weighted by Gasteiger charge is -2.01. The number of hydrogen-bond acceptors (Lipinski definition) is 3. The van der Waals surface area contributed by atoms with Gasteiger partial charge in [-0.1, -0.05) is 17.7 Å². The van der Waals surface area contributed by atoms with Crippen LogP contribution in [-0.4, -0.2) is 4.98 Å². The van der Waals surface area contributed by atoms with Crippen LogP contribution in [0.4, 0.5) is 5.69 Å². The average molecular weight is 387 g/mol. The van der Waals surface area contributed by atoms with Crippen LogP contribution in [0.25, 0.3) is 20.8 Å². The Morgan fingerprint density at radius 2 is 2.06 bits per heavy atom. The van der Waals surface area contributed by atoms with Crippen LogP contribution in [0, 0.1) is 3.57 Å². The zero-order chi connectivity index (χ0) is 12.7. The van der Waals surface area contributed by atoms with Crippen molar-refractivity contribution in [1.29, 1.82) is 0 Å². The molecule has 0 atom stereocenters. The Bertz CT molecular complexity index is 739. The first-order valence-electron chi connectivity index (χ1n) is 5.25. The fourth-order valence-corrected chi connectivity index (χ4v) is 3.53. The number of fused-ring (bicyclic) bond motifs is 1. The molecule has 18 heavy (non-hydrogen) atoms. The van der Waals surface area contributed by atoms with Crippen molar-refractivity contribution in [3.05, 3.63) is 45.0 Å². The molecule has 0 aliphatic carbocycles. The summed E-state index contributed by atoms with van der Waals surface area (Å²) in [6.45, 7) is 0. The number of anilines is 1. The highest BCUT2D eigenvalue weighted by Gasteiger charge is 2.11. The maximum atomic E-state index is 6.17. The Hall–Kier alpha value is -0.850. The van der Waals surface area contributed by atoms with Gasteiger partial charge in [0.25, 0.3) is 0 Å². The molecule has 3 rings (SSSR count). The minimum Gasteiger partial charge on any atom is -0.398 e. The zero-order valence-corrected chi connectivity index (χ0v) is 12.9. The van der Waals surface area contributed by atoms with Gasteiger partial charge in [-0.25, -0.2) is 4.98 Å². The second-order valence-corrected chi connectivity index (χ2v) is 6.49. The quantitative estimate of drug-likeness (QED) is 0.482. The molecule has 0 unspecified atom stereocenters. The molecule has 2 N–H and O–H groups in total. The van der Waals surface area contributed by atoms with Crippen molar-refractivity contribution < 1.29 is 0 Å². The summed E-state index contributed by atoms with van der Waals surface area (Å²) in [6.07, 6.45) is 0. The average Bonchev–Trinajstić information content (AvgIpc) is 2.77. The fraction of sp³-hybridized carbons (Fsp3) is 0. The van der Waals surface area contributed by atoms with Crippen molar-refractivity contribution in [2.75, 3.05) is 5.73 Å². The molecule has 1 heterocycles. The summed E-state index contributed by atoms with van der Waals surface area (Å²) in [5.41, 5.74) is 8.64. The second-order valence-electron chi connectivity index (χ2n) is 3.84. The lowest BCUT2D eigenvalue weighted by molar-refractivity contribution is 1.47. The maximum absolute atomic E-state index is 6.17. The lowest BCUT2D eigenvalue weighted by atomic mass is 10.2. The molecule has 0 saturated heterocycles. The molecule has 3 aromatic rings. The number of hydrogen-bond donors (Lipinski definition) is 1. The Labute approximate surface area is 127 Å². The molecule has 0 amide bonds. The molecule has 90 valence electrons. The molecule has 0 spiro atoms. The van der Waals surface area contributed by atoms with Crippen LogP contribution in [0.2, 0.25) is 5.02 Å². The van der Waals surface area contributed by atoms with Crippen molar-refractivity contribution in [1.82, 2.24) is 4.98 Å². The number of rotatable bonds is 1. The number of benzene rings is 2. The van der Waals surface area contributed by atoms with Crippen molar-refractivity contribution in [3.8, 4) is 10.6 Å². The normalized spacial score (nSPS) is 11.0. The molecular formula is C13H8ClIN2S. The first kappa shape index (κ1) is 12.2. The number of aromatic nitrogens is 1. The molecule has 5 heteroatoms. The van der Waals surface area contributed by atoms with Crippen LogP contribution >= 0.6 is 45.5 Å². The van der Waals surface area contributed by atoms with E-state index in [1.165, 1.54) is 0 Å². The van der Waals surface area contributed by atoms with Crippen molar-refractivity contribution >= 4 is 61.4 Å². The first-order valence-corrected chi connectivity index (χ1v) is 7.53. The molecule has 0 radical (unpaired) electrons. The highest BCUT2D eigenvalue weighted by molar-refractivity contribution is 14.1. The molecule has 0 aliphatic heterocycles. The van der Waals surface area contributed by atoms with Gasteiger partial charge in [0.1, 0.15) is 5.01 Å². The summed E-state index contributed by atoms with van der Waals surface area (Å²) in [5, 5.41) is 1.65. The van der Waals surface area contributed by atoms with Gasteiger partial charge in [0.05, 0.1) is 15.2 Å². The molecule has 1 aromatic heterocycles. The van der Waals surface area contributed by atoms with E-state index < -0.39 is 0 Å². The zero-order valence-electron chi connectivity index (χ0n) is 9.15. The predicted molar refractivity (Wildman–Crippen MR) is 87.2 cm³/mol. The Morgan fingerprint density at radius 1 is 1.22 bits per heavy atom. The molecule has 0 fully saturated rings. The molecule has 0 aliphatic rings. The molecule has 0 saturated carbocycles. The van der Waals surface area contributed by atoms with Gasteiger partial charge in [-0.15, -0.1) is 11.3 Å². The number of nitrogens with zero attached hydrogens (tertiary/aromatic N) is 1. The molecule has 2 nitrogen and oxygen atoms in total. The summed E-state index contributed by atoms with van der Waals surface area (Å²) < 4.78 is 2.15. The van der Waals surface area contributed by atoms with Gasteiger partial charge in [0.2, 0.25) is 0 Å². The number of thiazole rings is 1. The van der Waals surface area contributed by atoms with E-state index >= 15 is 0 Å². The summed E-state index contributed by atoms with van der Waals surface area (Å²) in [7, 11) is 0. The van der Waals surface area contributed by atoms with Gasteiger partial charge in [0.15, 0.2) is 0 Å². The smallest absolute Gasteiger partial charge is 0.126 e. The van der Waals surface area contributed by atoms with E-state index in [1.54, 1.807) is 11.3 Å². The summed E-state index contributed by atoms with van der Waals surface area (Å²) in [4.78, 5) is 4.60. The van der Waals surface area contributed by atoms with Crippen LogP contribution in [0.3, 0.4) is 0 Å². The third-order valence-electron chi connectivity index (χ3n) is 2.61. The standard InChI is InChI=1S/C13H8ClIN2S/c14-9-2-1-3-11-12(9)18-13(17-11)8-6-7(15)4-5-10(8)16/h1-6H,16H2. The van der Waals surface area contributed by atoms with E-state index in [-0.39, 0.29) is 0 Å². The molecule has 0 bridgehead atoms. The predicted octanol–water partition coefficient (Wildman–Crippen LogP) is 4.80. The maximum Gasteiger partial charge on any atom is 0.126 e. The third-order valence-corrected chi connectivity index (χ3v) is 4.85. The van der Waals surface area contributed by atoms with Crippen LogP contribution < -0.4 is 5.73 Å². The molecular weight excluding hydrogens is 379 g/mol. The number of nitrogens with two attached hydrogens (primary N) is 1. The third kappa shape index (κ3) is 2.08. The second kappa shape index (κ2) is 4.68. The van der Waals surface area contributed by atoms with Crippen molar-refractivity contribution in [2.45, 2.75) is 0 Å². The summed E-state index contributed by atoms with van der Waals surface area (Å²) >= 11 is 10.0. The van der Waals surface area contributed by atoms with Gasteiger partial charge in [-0.2, -0.15) is 0 Å². The van der Waals surface area contributed by atoms with E-state index in [0.717, 1.165) is 35.1 Å². The highest BCUT2D eigenvalue weighted by atomic mass is 127. The SMILES string of the molecule is Nc1ccc(I)cc1-c1nc2cccc(Cl)c2s1. The fourth-order valence-electron chi connectivity index (χ4n) is 1.74. The van der Waals surface area contributed by atoms with Crippen LogP contribution in [0.5, 0.6) is 0 Å². The van der Waals surface area contributed by atoms with Gasteiger partial charge < -0.3 is 5.73 Å². The van der Waals surface area contributed by atoms with Crippen molar-refractivity contribution in [2.24, 2.45) is 0 Å². The highest BCUT2D eigenvalue weighted by Crippen LogP contribution is 2.36. The summed E-state index contributed by atoms with van der Waals surface area (Å²) in [6, 6.07) is 11.7. The number of halogens is 2. The first-order chi connectivity index (χ1) is 8.65. The Balaban J connectivity index is 2.26. The molecule has 2 aromatic carbocycles. The topological polar surface area (TPSA) is 38.9 Å². The van der Waals surface area contributed by atoms with E-state index in [4.69, 9.17) is 17.3 Å². The van der Waals surface area contributed by atoms with Gasteiger partial charge in [0, 0.05) is 14.8 Å². The van der Waals surface area contributed by atoms with Crippen LogP contribution in [0.15, 0.2) is 36.4 Å². The van der Waals surface area contributed by atoms with E-state index in [2.05, 4.69) is 27.6 Å². The van der Waals surface area contributed by atoms with Gasteiger partial charge in [-0.3, -0.25) is 0 Å². The minimum absolute atomic E-state index is 0.737. The Kier molecular flexibility index (Phi) is 3.17. The monoisotopic (exact) mass is 386 g/mol.